The Labute approximate surface area is 180 Å². The Morgan fingerprint density at radius 1 is 1.03 bits per heavy atom. The van der Waals surface area contributed by atoms with E-state index in [9.17, 15) is 13.2 Å². The summed E-state index contributed by atoms with van der Waals surface area (Å²) in [7, 11) is 2.16. The van der Waals surface area contributed by atoms with Crippen LogP contribution < -0.4 is 0 Å². The second-order valence-corrected chi connectivity index (χ2v) is 8.64. The number of likely N-dealkylation sites (tertiary alicyclic amines) is 1. The number of benzene rings is 1. The molecule has 2 aliphatic heterocycles. The second kappa shape index (κ2) is 8.86. The molecule has 0 aliphatic carbocycles. The molecule has 0 spiro atoms. The highest BCUT2D eigenvalue weighted by molar-refractivity contribution is 6.32. The van der Waals surface area contributed by atoms with Crippen LogP contribution in [0.5, 0.6) is 0 Å². The number of piperazine rings is 1. The van der Waals surface area contributed by atoms with Gasteiger partial charge in [-0.2, -0.15) is 18.3 Å². The van der Waals surface area contributed by atoms with Crippen LogP contribution in [0.1, 0.15) is 24.2 Å². The lowest BCUT2D eigenvalue weighted by Gasteiger charge is -2.42. The third-order valence-electron chi connectivity index (χ3n) is 6.15. The van der Waals surface area contributed by atoms with Crippen LogP contribution in [0.3, 0.4) is 0 Å². The van der Waals surface area contributed by atoms with Gasteiger partial charge in [0.1, 0.15) is 0 Å². The smallest absolute Gasteiger partial charge is 0.306 e. The Hall–Kier alpha value is -1.61. The molecule has 1 aromatic heterocycles. The Bertz CT molecular complexity index is 853. The molecular weight excluding hydrogens is 415 g/mol. The Balaban J connectivity index is 1.47. The highest BCUT2D eigenvalue weighted by atomic mass is 35.5. The molecule has 164 valence electrons. The summed E-state index contributed by atoms with van der Waals surface area (Å²) in [6.07, 6.45) is -2.12. The van der Waals surface area contributed by atoms with E-state index < -0.39 is 11.9 Å². The average Bonchev–Trinajstić information content (AvgIpc) is 3.14. The summed E-state index contributed by atoms with van der Waals surface area (Å²) in [6.45, 7) is 6.23. The highest BCUT2D eigenvalue weighted by Crippen LogP contribution is 2.31. The number of hydrogen-bond donors (Lipinski definition) is 0. The van der Waals surface area contributed by atoms with Crippen molar-refractivity contribution in [1.29, 1.82) is 0 Å². The molecule has 30 heavy (non-hydrogen) atoms. The molecule has 2 aliphatic rings. The average molecular weight is 442 g/mol. The van der Waals surface area contributed by atoms with Crippen LogP contribution >= 0.6 is 11.6 Å². The van der Waals surface area contributed by atoms with E-state index in [1.807, 2.05) is 0 Å². The molecule has 0 bridgehead atoms. The summed E-state index contributed by atoms with van der Waals surface area (Å²) >= 11 is 6.25. The lowest BCUT2D eigenvalue weighted by atomic mass is 10.0. The molecule has 1 aromatic carbocycles. The zero-order valence-corrected chi connectivity index (χ0v) is 17.8. The number of aromatic nitrogens is 2. The SMILES string of the molecule is CN1CCC(N2CCN(Cc3cc(C(F)(F)F)nn3-c3ccccc3Cl)CC2)CC1. The zero-order chi connectivity index (χ0) is 21.3. The first kappa shape index (κ1) is 21.6. The van der Waals surface area contributed by atoms with Crippen molar-refractivity contribution in [3.8, 4) is 5.69 Å². The normalized spacial score (nSPS) is 20.7. The van der Waals surface area contributed by atoms with Crippen LogP contribution in [-0.4, -0.2) is 76.8 Å². The first-order valence-corrected chi connectivity index (χ1v) is 10.7. The first-order chi connectivity index (χ1) is 14.3. The van der Waals surface area contributed by atoms with Crippen molar-refractivity contribution < 1.29 is 13.2 Å². The van der Waals surface area contributed by atoms with Crippen LogP contribution in [0.2, 0.25) is 5.02 Å². The summed E-state index contributed by atoms with van der Waals surface area (Å²) in [4.78, 5) is 7.10. The second-order valence-electron chi connectivity index (χ2n) is 8.23. The summed E-state index contributed by atoms with van der Waals surface area (Å²) in [5.74, 6) is 0. The fourth-order valence-electron chi connectivity index (χ4n) is 4.38. The number of hydrogen-bond acceptors (Lipinski definition) is 4. The molecule has 0 unspecified atom stereocenters. The fraction of sp³-hybridized carbons (Fsp3) is 0.571. The van der Waals surface area contributed by atoms with Crippen molar-refractivity contribution in [2.45, 2.75) is 31.6 Å². The van der Waals surface area contributed by atoms with Crippen LogP contribution in [0.4, 0.5) is 13.2 Å². The number of rotatable bonds is 4. The van der Waals surface area contributed by atoms with Gasteiger partial charge in [-0.25, -0.2) is 4.68 Å². The Morgan fingerprint density at radius 2 is 1.70 bits per heavy atom. The lowest BCUT2D eigenvalue weighted by molar-refractivity contribution is -0.141. The minimum Gasteiger partial charge on any atom is -0.306 e. The number of piperidine rings is 1. The molecule has 2 aromatic rings. The molecule has 0 saturated carbocycles. The molecule has 0 atom stereocenters. The molecule has 0 radical (unpaired) electrons. The summed E-state index contributed by atoms with van der Waals surface area (Å²) in [6, 6.07) is 8.62. The Kier molecular flexibility index (Phi) is 6.39. The third kappa shape index (κ3) is 4.82. The van der Waals surface area contributed by atoms with E-state index in [2.05, 4.69) is 26.8 Å². The zero-order valence-electron chi connectivity index (χ0n) is 17.1. The molecule has 2 fully saturated rings. The lowest BCUT2D eigenvalue weighted by Crippen LogP contribution is -2.52. The first-order valence-electron chi connectivity index (χ1n) is 10.4. The van der Waals surface area contributed by atoms with Crippen molar-refractivity contribution in [3.63, 3.8) is 0 Å². The van der Waals surface area contributed by atoms with E-state index in [0.717, 1.165) is 45.3 Å². The molecule has 2 saturated heterocycles. The highest BCUT2D eigenvalue weighted by Gasteiger charge is 2.36. The number of para-hydroxylation sites is 1. The summed E-state index contributed by atoms with van der Waals surface area (Å²) in [5.41, 5.74) is 0.0835. The quantitative estimate of drug-likeness (QED) is 0.722. The van der Waals surface area contributed by atoms with Gasteiger partial charge in [0.2, 0.25) is 0 Å². The van der Waals surface area contributed by atoms with Crippen molar-refractivity contribution in [2.24, 2.45) is 0 Å². The fourth-order valence-corrected chi connectivity index (χ4v) is 4.59. The number of halogens is 4. The van der Waals surface area contributed by atoms with Gasteiger partial charge in [0.05, 0.1) is 16.4 Å². The van der Waals surface area contributed by atoms with Crippen LogP contribution in [-0.2, 0) is 12.7 Å². The van der Waals surface area contributed by atoms with E-state index in [1.54, 1.807) is 24.3 Å². The van der Waals surface area contributed by atoms with Gasteiger partial charge in [0, 0.05) is 38.8 Å². The topological polar surface area (TPSA) is 27.5 Å². The molecule has 4 rings (SSSR count). The Morgan fingerprint density at radius 3 is 2.33 bits per heavy atom. The van der Waals surface area contributed by atoms with E-state index in [-0.39, 0.29) is 0 Å². The monoisotopic (exact) mass is 441 g/mol. The van der Waals surface area contributed by atoms with Crippen molar-refractivity contribution >= 4 is 11.6 Å². The molecule has 0 N–H and O–H groups in total. The molecule has 5 nitrogen and oxygen atoms in total. The number of alkyl halides is 3. The third-order valence-corrected chi connectivity index (χ3v) is 6.47. The van der Waals surface area contributed by atoms with Gasteiger partial charge in [-0.3, -0.25) is 9.80 Å². The van der Waals surface area contributed by atoms with Crippen LogP contribution in [0.25, 0.3) is 5.69 Å². The van der Waals surface area contributed by atoms with Gasteiger partial charge in [-0.05, 0) is 51.2 Å². The van der Waals surface area contributed by atoms with E-state index in [4.69, 9.17) is 11.6 Å². The predicted octanol–water partition coefficient (Wildman–Crippen LogP) is 3.76. The largest absolute Gasteiger partial charge is 0.435 e. The predicted molar refractivity (Wildman–Crippen MR) is 111 cm³/mol. The molecule has 3 heterocycles. The van der Waals surface area contributed by atoms with Crippen LogP contribution in [0.15, 0.2) is 30.3 Å². The van der Waals surface area contributed by atoms with Crippen molar-refractivity contribution in [2.75, 3.05) is 46.3 Å². The minimum absolute atomic E-state index is 0.377. The molecule has 0 amide bonds. The molecule has 9 heteroatoms. The summed E-state index contributed by atoms with van der Waals surface area (Å²) in [5, 5.41) is 4.22. The minimum atomic E-state index is -4.49. The maximum Gasteiger partial charge on any atom is 0.435 e. The standard InChI is InChI=1S/C21H27ClF3N5/c1-27-8-6-16(7-9-27)29-12-10-28(11-13-29)15-17-14-20(21(23,24)25)26-30(17)19-5-3-2-4-18(19)22/h2-5,14,16H,6-13,15H2,1H3. The molecular formula is C21H27ClF3N5. The summed E-state index contributed by atoms with van der Waals surface area (Å²) < 4.78 is 41.3. The van der Waals surface area contributed by atoms with Crippen molar-refractivity contribution in [3.05, 3.63) is 46.7 Å². The van der Waals surface area contributed by atoms with Gasteiger partial charge < -0.3 is 4.90 Å². The van der Waals surface area contributed by atoms with Gasteiger partial charge in [-0.15, -0.1) is 0 Å². The van der Waals surface area contributed by atoms with E-state index >= 15 is 0 Å². The van der Waals surface area contributed by atoms with Gasteiger partial charge in [0.25, 0.3) is 0 Å². The van der Waals surface area contributed by atoms with Gasteiger partial charge in [0.15, 0.2) is 5.69 Å². The number of nitrogens with zero attached hydrogens (tertiary/aromatic N) is 5. The van der Waals surface area contributed by atoms with Crippen LogP contribution in [0, 0.1) is 0 Å². The van der Waals surface area contributed by atoms with Gasteiger partial charge >= 0.3 is 6.18 Å². The maximum absolute atomic E-state index is 13.3. The van der Waals surface area contributed by atoms with E-state index in [1.165, 1.54) is 17.5 Å². The van der Waals surface area contributed by atoms with Gasteiger partial charge in [-0.1, -0.05) is 23.7 Å². The van der Waals surface area contributed by atoms with Crippen molar-refractivity contribution in [1.82, 2.24) is 24.5 Å². The van der Waals surface area contributed by atoms with E-state index in [0.29, 0.717) is 29.0 Å². The maximum atomic E-state index is 13.3.